The van der Waals surface area contributed by atoms with E-state index in [2.05, 4.69) is 34.6 Å². The van der Waals surface area contributed by atoms with E-state index in [1.807, 2.05) is 31.2 Å². The number of hydrogen-bond acceptors (Lipinski definition) is 4. The van der Waals surface area contributed by atoms with Gasteiger partial charge in [0, 0.05) is 5.92 Å². The molecule has 0 radical (unpaired) electrons. The number of hydrogen-bond donors (Lipinski definition) is 2. The van der Waals surface area contributed by atoms with Crippen molar-refractivity contribution in [1.29, 1.82) is 0 Å². The summed E-state index contributed by atoms with van der Waals surface area (Å²) in [6, 6.07) is 12.3. The predicted molar refractivity (Wildman–Crippen MR) is 134 cm³/mol. The Labute approximate surface area is 204 Å². The van der Waals surface area contributed by atoms with Gasteiger partial charge in [0.25, 0.3) is 0 Å². The van der Waals surface area contributed by atoms with Crippen LogP contribution >= 0.6 is 0 Å². The summed E-state index contributed by atoms with van der Waals surface area (Å²) in [6.45, 7) is 12.6. The largest absolute Gasteiger partial charge is 0.462 e. The van der Waals surface area contributed by atoms with Crippen molar-refractivity contribution in [2.45, 2.75) is 91.3 Å². The summed E-state index contributed by atoms with van der Waals surface area (Å²) >= 11 is 0. The van der Waals surface area contributed by atoms with E-state index >= 15 is 0 Å². The molecular formula is C29H41FO4. The Bertz CT molecular complexity index is 931. The highest BCUT2D eigenvalue weighted by atomic mass is 19.1. The first-order valence-electron chi connectivity index (χ1n) is 12.7. The van der Waals surface area contributed by atoms with Crippen molar-refractivity contribution in [3.8, 4) is 16.9 Å². The van der Waals surface area contributed by atoms with Crippen molar-refractivity contribution in [1.82, 2.24) is 0 Å². The number of benzene rings is 2. The van der Waals surface area contributed by atoms with Crippen LogP contribution in [0.3, 0.4) is 0 Å². The fraction of sp³-hybridized carbons (Fsp3) is 0.586. The van der Waals surface area contributed by atoms with Gasteiger partial charge in [-0.3, -0.25) is 0 Å². The molecule has 1 saturated heterocycles. The third kappa shape index (κ3) is 5.99. The maximum absolute atomic E-state index is 14.0. The van der Waals surface area contributed by atoms with Crippen molar-refractivity contribution in [3.05, 3.63) is 53.8 Å². The summed E-state index contributed by atoms with van der Waals surface area (Å²) in [7, 11) is 0. The maximum atomic E-state index is 14.0. The predicted octanol–water partition coefficient (Wildman–Crippen LogP) is 6.37. The second-order valence-corrected chi connectivity index (χ2v) is 10.7. The molecule has 0 unspecified atom stereocenters. The van der Waals surface area contributed by atoms with Gasteiger partial charge in [-0.1, -0.05) is 66.2 Å². The Hall–Kier alpha value is -1.95. The molecule has 0 amide bonds. The van der Waals surface area contributed by atoms with E-state index in [4.69, 9.17) is 9.47 Å². The lowest BCUT2D eigenvalue weighted by molar-refractivity contribution is -0.303. The minimum atomic E-state index is -1.17. The van der Waals surface area contributed by atoms with Gasteiger partial charge in [-0.25, -0.2) is 4.39 Å². The number of aryl methyl sites for hydroxylation is 1. The molecule has 1 fully saturated rings. The van der Waals surface area contributed by atoms with E-state index in [0.29, 0.717) is 17.6 Å². The number of aliphatic hydroxyl groups is 2. The van der Waals surface area contributed by atoms with Crippen LogP contribution in [0.25, 0.3) is 11.1 Å². The first-order chi connectivity index (χ1) is 16.1. The summed E-state index contributed by atoms with van der Waals surface area (Å²) in [6.07, 6.45) is 0.218. The molecule has 0 saturated carbocycles. The Morgan fingerprint density at radius 2 is 1.68 bits per heavy atom. The van der Waals surface area contributed by atoms with Crippen LogP contribution in [0.5, 0.6) is 5.75 Å². The molecule has 2 aromatic carbocycles. The fourth-order valence-corrected chi connectivity index (χ4v) is 5.38. The zero-order valence-corrected chi connectivity index (χ0v) is 21.4. The molecule has 1 aliphatic rings. The minimum absolute atomic E-state index is 0.234. The Balaban J connectivity index is 1.96. The van der Waals surface area contributed by atoms with Gasteiger partial charge in [0.15, 0.2) is 0 Å². The van der Waals surface area contributed by atoms with Crippen LogP contribution in [0.4, 0.5) is 4.39 Å². The normalized spacial score (nSPS) is 24.6. The Morgan fingerprint density at radius 3 is 2.26 bits per heavy atom. The molecule has 1 aliphatic heterocycles. The second-order valence-electron chi connectivity index (χ2n) is 10.7. The molecule has 188 valence electrons. The lowest BCUT2D eigenvalue weighted by atomic mass is 9.71. The summed E-state index contributed by atoms with van der Waals surface area (Å²) in [5, 5.41) is 21.9. The molecule has 1 heterocycles. The number of rotatable bonds is 9. The smallest absolute Gasteiger partial charge is 0.229 e. The van der Waals surface area contributed by atoms with Crippen LogP contribution in [-0.2, 0) is 11.2 Å². The van der Waals surface area contributed by atoms with Crippen LogP contribution in [0, 0.1) is 23.6 Å². The summed E-state index contributed by atoms with van der Waals surface area (Å²) < 4.78 is 26.7. The molecule has 0 aliphatic carbocycles. The Morgan fingerprint density at radius 1 is 1.00 bits per heavy atom. The topological polar surface area (TPSA) is 58.9 Å². The standard InChI is InChI=1S/C29H41FO4/c1-7-9-21-12-13-24(15-25(21)22-10-8-11-23(30)14-22)33-28-27(32)26(31)20(6)29(34-28,16-18(2)3)17-19(4)5/h8,10-15,18-20,26-28,31-32H,7,9,16-17H2,1-6H3/t20-,26-,27-,28-/m1/s1. The molecule has 4 nitrogen and oxygen atoms in total. The maximum Gasteiger partial charge on any atom is 0.229 e. The molecular weight excluding hydrogens is 431 g/mol. The third-order valence-corrected chi connectivity index (χ3v) is 6.82. The van der Waals surface area contributed by atoms with Gasteiger partial charge in [0.2, 0.25) is 6.29 Å². The van der Waals surface area contributed by atoms with Crippen molar-refractivity contribution in [2.24, 2.45) is 17.8 Å². The molecule has 2 N–H and O–H groups in total. The number of halogens is 1. The molecule has 4 atom stereocenters. The quantitative estimate of drug-likeness (QED) is 0.445. The first kappa shape index (κ1) is 26.7. The van der Waals surface area contributed by atoms with E-state index in [-0.39, 0.29) is 11.7 Å². The summed E-state index contributed by atoms with van der Waals surface area (Å²) in [5.41, 5.74) is 2.18. The zero-order chi connectivity index (χ0) is 25.0. The third-order valence-electron chi connectivity index (χ3n) is 6.82. The van der Waals surface area contributed by atoms with Gasteiger partial charge in [0.1, 0.15) is 17.7 Å². The van der Waals surface area contributed by atoms with Crippen molar-refractivity contribution >= 4 is 0 Å². The molecule has 2 aromatic rings. The highest BCUT2D eigenvalue weighted by molar-refractivity contribution is 5.69. The van der Waals surface area contributed by atoms with E-state index in [9.17, 15) is 14.6 Å². The van der Waals surface area contributed by atoms with Crippen LogP contribution in [-0.4, -0.2) is 34.3 Å². The molecule has 5 heteroatoms. The molecule has 0 spiro atoms. The zero-order valence-electron chi connectivity index (χ0n) is 21.4. The average molecular weight is 473 g/mol. The van der Waals surface area contributed by atoms with E-state index < -0.39 is 24.1 Å². The van der Waals surface area contributed by atoms with Crippen molar-refractivity contribution in [3.63, 3.8) is 0 Å². The lowest BCUT2D eigenvalue weighted by Gasteiger charge is -2.51. The Kier molecular flexibility index (Phi) is 8.77. The van der Waals surface area contributed by atoms with E-state index in [1.165, 1.54) is 12.1 Å². The van der Waals surface area contributed by atoms with Gasteiger partial charge in [-0.15, -0.1) is 0 Å². The SMILES string of the molecule is CCCc1ccc(O[C@@H]2OC(CC(C)C)(CC(C)C)[C@H](C)[C@@H](O)[C@H]2O)cc1-c1cccc(F)c1. The first-order valence-corrected chi connectivity index (χ1v) is 12.7. The van der Waals surface area contributed by atoms with Crippen LogP contribution in [0.2, 0.25) is 0 Å². The monoisotopic (exact) mass is 472 g/mol. The molecule has 3 rings (SSSR count). The summed E-state index contributed by atoms with van der Waals surface area (Å²) in [4.78, 5) is 0. The van der Waals surface area contributed by atoms with Crippen LogP contribution in [0.1, 0.15) is 66.4 Å². The van der Waals surface area contributed by atoms with Gasteiger partial charge in [0.05, 0.1) is 11.7 Å². The lowest BCUT2D eigenvalue weighted by Crippen LogP contribution is -2.62. The van der Waals surface area contributed by atoms with Crippen molar-refractivity contribution < 1.29 is 24.1 Å². The fourth-order valence-electron chi connectivity index (χ4n) is 5.38. The number of aliphatic hydroxyl groups excluding tert-OH is 2. The molecule has 0 aromatic heterocycles. The molecule has 0 bridgehead atoms. The van der Waals surface area contributed by atoms with Gasteiger partial charge >= 0.3 is 0 Å². The van der Waals surface area contributed by atoms with E-state index in [1.54, 1.807) is 6.07 Å². The van der Waals surface area contributed by atoms with E-state index in [0.717, 1.165) is 42.4 Å². The van der Waals surface area contributed by atoms with Crippen LogP contribution in [0.15, 0.2) is 42.5 Å². The van der Waals surface area contributed by atoms with Crippen LogP contribution < -0.4 is 4.74 Å². The van der Waals surface area contributed by atoms with Gasteiger partial charge in [-0.2, -0.15) is 0 Å². The minimum Gasteiger partial charge on any atom is -0.462 e. The summed E-state index contributed by atoms with van der Waals surface area (Å²) in [5.74, 6) is 0.714. The van der Waals surface area contributed by atoms with Gasteiger partial charge in [-0.05, 0) is 72.1 Å². The number of ether oxygens (including phenoxy) is 2. The highest BCUT2D eigenvalue weighted by Gasteiger charge is 2.52. The van der Waals surface area contributed by atoms with Crippen molar-refractivity contribution in [2.75, 3.05) is 0 Å². The second kappa shape index (κ2) is 11.2. The average Bonchev–Trinajstić information content (AvgIpc) is 2.76. The highest BCUT2D eigenvalue weighted by Crippen LogP contribution is 2.44. The van der Waals surface area contributed by atoms with Gasteiger partial charge < -0.3 is 19.7 Å². The molecule has 34 heavy (non-hydrogen) atoms.